The highest BCUT2D eigenvalue weighted by atomic mass is 19.4. The van der Waals surface area contributed by atoms with Crippen molar-refractivity contribution < 1.29 is 27.9 Å². The minimum Gasteiger partial charge on any atom is -0.481 e. The van der Waals surface area contributed by atoms with E-state index in [4.69, 9.17) is 5.11 Å². The molecule has 7 heteroatoms. The maximum Gasteiger partial charge on any atom is 0.416 e. The molecule has 1 aromatic rings. The predicted molar refractivity (Wildman–Crippen MR) is 79.9 cm³/mol. The summed E-state index contributed by atoms with van der Waals surface area (Å²) >= 11 is 0. The van der Waals surface area contributed by atoms with Gasteiger partial charge >= 0.3 is 12.1 Å². The van der Waals surface area contributed by atoms with Crippen LogP contribution >= 0.6 is 0 Å². The van der Waals surface area contributed by atoms with E-state index in [0.717, 1.165) is 18.6 Å². The van der Waals surface area contributed by atoms with E-state index in [0.29, 0.717) is 18.4 Å². The first kappa shape index (κ1) is 17.9. The number of nitrogens with one attached hydrogen (secondary N) is 1. The SMILES string of the molecule is O=C(CC1(C(=O)O)CCC1)NCC#Cc1ccc(C(F)(F)F)cc1. The van der Waals surface area contributed by atoms with E-state index in [9.17, 15) is 22.8 Å². The Hall–Kier alpha value is -2.49. The van der Waals surface area contributed by atoms with Gasteiger partial charge in [-0.2, -0.15) is 13.2 Å². The Morgan fingerprint density at radius 2 is 1.83 bits per heavy atom. The van der Waals surface area contributed by atoms with Crippen molar-refractivity contribution in [2.24, 2.45) is 5.41 Å². The minimum atomic E-state index is -4.39. The second-order valence-corrected chi connectivity index (χ2v) is 5.77. The molecular weight excluding hydrogens is 323 g/mol. The topological polar surface area (TPSA) is 66.4 Å². The molecule has 0 aliphatic heterocycles. The van der Waals surface area contributed by atoms with Crippen molar-refractivity contribution in [3.8, 4) is 11.8 Å². The quantitative estimate of drug-likeness (QED) is 0.829. The number of hydrogen-bond acceptors (Lipinski definition) is 2. The van der Waals surface area contributed by atoms with Crippen LogP contribution in [0, 0.1) is 17.3 Å². The summed E-state index contributed by atoms with van der Waals surface area (Å²) < 4.78 is 37.2. The Bertz CT molecular complexity index is 680. The summed E-state index contributed by atoms with van der Waals surface area (Å²) in [6.07, 6.45) is -2.68. The van der Waals surface area contributed by atoms with E-state index in [1.165, 1.54) is 12.1 Å². The number of carbonyl (C=O) groups is 2. The van der Waals surface area contributed by atoms with E-state index >= 15 is 0 Å². The summed E-state index contributed by atoms with van der Waals surface area (Å²) in [6, 6.07) is 4.39. The molecule has 0 aromatic heterocycles. The van der Waals surface area contributed by atoms with Crippen LogP contribution < -0.4 is 5.32 Å². The molecule has 0 saturated heterocycles. The van der Waals surface area contributed by atoms with E-state index in [2.05, 4.69) is 17.2 Å². The molecular formula is C17H16F3NO3. The molecule has 0 unspecified atom stereocenters. The van der Waals surface area contributed by atoms with Gasteiger partial charge < -0.3 is 10.4 Å². The first-order valence-electron chi connectivity index (χ1n) is 7.39. The third kappa shape index (κ3) is 4.28. The van der Waals surface area contributed by atoms with Crippen LogP contribution in [0.3, 0.4) is 0 Å². The van der Waals surface area contributed by atoms with Gasteiger partial charge in [0.1, 0.15) is 0 Å². The minimum absolute atomic E-state index is 0.00948. The lowest BCUT2D eigenvalue weighted by molar-refractivity contribution is -0.157. The highest BCUT2D eigenvalue weighted by molar-refractivity contribution is 5.85. The Kier molecular flexibility index (Phi) is 5.17. The van der Waals surface area contributed by atoms with Gasteiger partial charge in [-0.25, -0.2) is 0 Å². The fourth-order valence-electron chi connectivity index (χ4n) is 2.47. The second kappa shape index (κ2) is 6.95. The zero-order valence-corrected chi connectivity index (χ0v) is 12.7. The van der Waals surface area contributed by atoms with Crippen LogP contribution in [-0.2, 0) is 15.8 Å². The number of amides is 1. The fourth-order valence-corrected chi connectivity index (χ4v) is 2.47. The van der Waals surface area contributed by atoms with Crippen LogP contribution in [0.4, 0.5) is 13.2 Å². The first-order chi connectivity index (χ1) is 11.2. The Morgan fingerprint density at radius 3 is 2.29 bits per heavy atom. The molecule has 128 valence electrons. The molecule has 1 fully saturated rings. The largest absolute Gasteiger partial charge is 0.481 e. The first-order valence-corrected chi connectivity index (χ1v) is 7.39. The number of alkyl halides is 3. The molecule has 1 saturated carbocycles. The summed E-state index contributed by atoms with van der Waals surface area (Å²) in [5.41, 5.74) is -1.30. The van der Waals surface area contributed by atoms with Crippen molar-refractivity contribution >= 4 is 11.9 Å². The Morgan fingerprint density at radius 1 is 1.21 bits per heavy atom. The van der Waals surface area contributed by atoms with Gasteiger partial charge in [-0.1, -0.05) is 18.3 Å². The molecule has 0 atom stereocenters. The number of halogens is 3. The number of hydrogen-bond donors (Lipinski definition) is 2. The van der Waals surface area contributed by atoms with Crippen molar-refractivity contribution in [1.29, 1.82) is 0 Å². The maximum atomic E-state index is 12.4. The molecule has 0 spiro atoms. The van der Waals surface area contributed by atoms with E-state index in [1.54, 1.807) is 0 Å². The molecule has 0 radical (unpaired) electrons. The van der Waals surface area contributed by atoms with Crippen LogP contribution in [0.5, 0.6) is 0 Å². The Labute approximate surface area is 137 Å². The summed E-state index contributed by atoms with van der Waals surface area (Å²) in [4.78, 5) is 22.9. The van der Waals surface area contributed by atoms with Crippen LogP contribution in [0.1, 0.15) is 36.8 Å². The molecule has 1 aliphatic rings. The normalized spacial score (nSPS) is 15.6. The van der Waals surface area contributed by atoms with Gasteiger partial charge in [-0.05, 0) is 37.1 Å². The molecule has 0 bridgehead atoms. The number of rotatable bonds is 4. The lowest BCUT2D eigenvalue weighted by Gasteiger charge is -2.36. The number of carbonyl (C=O) groups excluding carboxylic acids is 1. The summed E-state index contributed by atoms with van der Waals surface area (Å²) in [5.74, 6) is 3.93. The third-order valence-electron chi connectivity index (χ3n) is 4.08. The van der Waals surface area contributed by atoms with E-state index < -0.39 is 23.1 Å². The molecule has 24 heavy (non-hydrogen) atoms. The molecule has 0 heterocycles. The standard InChI is InChI=1S/C17H16F3NO3/c18-17(19,20)13-6-4-12(5-7-13)3-1-10-21-14(22)11-16(15(23)24)8-2-9-16/h4-7H,2,8-11H2,(H,21,22)(H,23,24). The van der Waals surface area contributed by atoms with Crippen LogP contribution in [0.25, 0.3) is 0 Å². The second-order valence-electron chi connectivity index (χ2n) is 5.77. The highest BCUT2D eigenvalue weighted by Gasteiger charge is 2.45. The van der Waals surface area contributed by atoms with Crippen LogP contribution in [0.15, 0.2) is 24.3 Å². The van der Waals surface area contributed by atoms with Gasteiger partial charge in [0.2, 0.25) is 5.91 Å². The number of aliphatic carboxylic acids is 1. The van der Waals surface area contributed by atoms with Gasteiger partial charge in [0, 0.05) is 12.0 Å². The number of carboxylic acid groups (broad SMARTS) is 1. The van der Waals surface area contributed by atoms with Gasteiger partial charge in [0.15, 0.2) is 0 Å². The van der Waals surface area contributed by atoms with Crippen molar-refractivity contribution in [1.82, 2.24) is 5.32 Å². The Balaban J connectivity index is 1.83. The summed E-state index contributed by atoms with van der Waals surface area (Å²) in [7, 11) is 0. The van der Waals surface area contributed by atoms with E-state index in [1.807, 2.05) is 0 Å². The van der Waals surface area contributed by atoms with Crippen LogP contribution in [-0.4, -0.2) is 23.5 Å². The molecule has 1 aromatic carbocycles. The maximum absolute atomic E-state index is 12.4. The van der Waals surface area contributed by atoms with Crippen molar-refractivity contribution in [2.75, 3.05) is 6.54 Å². The fraction of sp³-hybridized carbons (Fsp3) is 0.412. The smallest absolute Gasteiger partial charge is 0.416 e. The zero-order chi connectivity index (χ0) is 17.8. The van der Waals surface area contributed by atoms with Crippen molar-refractivity contribution in [3.05, 3.63) is 35.4 Å². The molecule has 1 aliphatic carbocycles. The van der Waals surface area contributed by atoms with Crippen LogP contribution in [0.2, 0.25) is 0 Å². The third-order valence-corrected chi connectivity index (χ3v) is 4.08. The lowest BCUT2D eigenvalue weighted by atomic mass is 9.66. The molecule has 2 rings (SSSR count). The molecule has 2 N–H and O–H groups in total. The van der Waals surface area contributed by atoms with Crippen molar-refractivity contribution in [3.63, 3.8) is 0 Å². The number of carboxylic acids is 1. The zero-order valence-electron chi connectivity index (χ0n) is 12.7. The monoisotopic (exact) mass is 339 g/mol. The summed E-state index contributed by atoms with van der Waals surface area (Å²) in [5, 5.41) is 11.7. The summed E-state index contributed by atoms with van der Waals surface area (Å²) in [6.45, 7) is 0.00948. The average Bonchev–Trinajstić information content (AvgIpc) is 2.46. The highest BCUT2D eigenvalue weighted by Crippen LogP contribution is 2.44. The average molecular weight is 339 g/mol. The van der Waals surface area contributed by atoms with Gasteiger partial charge in [0.25, 0.3) is 0 Å². The predicted octanol–water partition coefficient (Wildman–Crippen LogP) is 2.82. The molecule has 1 amide bonds. The van der Waals surface area contributed by atoms with E-state index in [-0.39, 0.29) is 18.9 Å². The van der Waals surface area contributed by atoms with Gasteiger partial charge in [-0.15, -0.1) is 0 Å². The number of benzene rings is 1. The van der Waals surface area contributed by atoms with Gasteiger partial charge in [0.05, 0.1) is 17.5 Å². The van der Waals surface area contributed by atoms with Crippen molar-refractivity contribution in [2.45, 2.75) is 31.9 Å². The molecule has 4 nitrogen and oxygen atoms in total. The van der Waals surface area contributed by atoms with Gasteiger partial charge in [-0.3, -0.25) is 9.59 Å². The lowest BCUT2D eigenvalue weighted by Crippen LogP contribution is -2.42.